The third kappa shape index (κ3) is 14.2. The number of hydrogen-bond acceptors (Lipinski definition) is 4. The number of hydrogen-bond donors (Lipinski definition) is 0. The first-order valence-electron chi connectivity index (χ1n) is 10.9. The number of allylic oxidation sites excluding steroid dienone is 2. The summed E-state index contributed by atoms with van der Waals surface area (Å²) in [6.45, 7) is 3.08. The van der Waals surface area contributed by atoms with Crippen LogP contribution in [0.2, 0.25) is 0 Å². The number of esters is 2. The molecule has 0 saturated heterocycles. The molecule has 0 radical (unpaired) electrons. The van der Waals surface area contributed by atoms with Crippen molar-refractivity contribution >= 4 is 11.9 Å². The van der Waals surface area contributed by atoms with Crippen molar-refractivity contribution < 1.29 is 19.1 Å². The molecule has 0 amide bonds. The summed E-state index contributed by atoms with van der Waals surface area (Å²) in [7, 11) is 0. The van der Waals surface area contributed by atoms with Gasteiger partial charge >= 0.3 is 11.9 Å². The van der Waals surface area contributed by atoms with Gasteiger partial charge in [0.2, 0.25) is 0 Å². The zero-order chi connectivity index (χ0) is 19.6. The largest absolute Gasteiger partial charge is 0.463 e. The second kappa shape index (κ2) is 16.6. The van der Waals surface area contributed by atoms with Gasteiger partial charge in [-0.2, -0.15) is 0 Å². The molecule has 0 N–H and O–H groups in total. The minimum atomic E-state index is -0.472. The highest BCUT2D eigenvalue weighted by Gasteiger charge is 2.11. The molecule has 1 unspecified atom stereocenters. The van der Waals surface area contributed by atoms with E-state index < -0.39 is 11.9 Å². The Bertz CT molecular complexity index is 453. The summed E-state index contributed by atoms with van der Waals surface area (Å²) in [5, 5.41) is 0. The van der Waals surface area contributed by atoms with Gasteiger partial charge in [-0.15, -0.1) is 0 Å². The van der Waals surface area contributed by atoms with Crippen molar-refractivity contribution in [3.63, 3.8) is 0 Å². The molecule has 0 aromatic heterocycles. The average Bonchev–Trinajstić information content (AvgIpc) is 2.69. The lowest BCUT2D eigenvalue weighted by atomic mass is 9.95. The molecule has 1 rings (SSSR count). The highest BCUT2D eigenvalue weighted by Crippen LogP contribution is 2.18. The van der Waals surface area contributed by atoms with Crippen LogP contribution < -0.4 is 0 Å². The van der Waals surface area contributed by atoms with Crippen LogP contribution in [0.15, 0.2) is 24.3 Å². The van der Waals surface area contributed by atoms with Gasteiger partial charge in [0.15, 0.2) is 0 Å². The quantitative estimate of drug-likeness (QED) is 0.154. The van der Waals surface area contributed by atoms with Crippen molar-refractivity contribution in [3.05, 3.63) is 24.3 Å². The Morgan fingerprint density at radius 1 is 0.852 bits per heavy atom. The van der Waals surface area contributed by atoms with Crippen molar-refractivity contribution in [1.29, 1.82) is 0 Å². The molecule has 1 atom stereocenters. The average molecular weight is 379 g/mol. The number of carbonyl (C=O) groups excluding carboxylic acids is 2. The van der Waals surface area contributed by atoms with E-state index in [0.717, 1.165) is 32.1 Å². The third-order valence-electron chi connectivity index (χ3n) is 4.94. The van der Waals surface area contributed by atoms with Gasteiger partial charge in [0, 0.05) is 12.2 Å². The molecule has 0 aromatic rings. The zero-order valence-electron chi connectivity index (χ0n) is 17.1. The predicted octanol–water partition coefficient (Wildman–Crippen LogP) is 5.91. The molecule has 0 aliphatic heterocycles. The summed E-state index contributed by atoms with van der Waals surface area (Å²) in [5.74, 6) is -0.542. The van der Waals surface area contributed by atoms with Gasteiger partial charge in [-0.3, -0.25) is 0 Å². The van der Waals surface area contributed by atoms with Gasteiger partial charge in [0.1, 0.15) is 0 Å². The highest BCUT2D eigenvalue weighted by atomic mass is 16.5. The lowest BCUT2D eigenvalue weighted by Gasteiger charge is -2.16. The van der Waals surface area contributed by atoms with Crippen LogP contribution in [0.25, 0.3) is 0 Å². The van der Waals surface area contributed by atoms with E-state index in [1.807, 2.05) is 0 Å². The van der Waals surface area contributed by atoms with E-state index in [4.69, 9.17) is 9.47 Å². The molecular formula is C23H38O4. The molecule has 0 saturated carbocycles. The highest BCUT2D eigenvalue weighted by molar-refractivity contribution is 5.91. The topological polar surface area (TPSA) is 52.6 Å². The van der Waals surface area contributed by atoms with Gasteiger partial charge in [-0.25, -0.2) is 9.59 Å². The first-order chi connectivity index (χ1) is 13.2. The molecule has 4 heteroatoms. The Kier molecular flexibility index (Phi) is 14.4. The van der Waals surface area contributed by atoms with Crippen LogP contribution in [-0.2, 0) is 19.1 Å². The van der Waals surface area contributed by atoms with E-state index >= 15 is 0 Å². The van der Waals surface area contributed by atoms with Crippen molar-refractivity contribution in [2.75, 3.05) is 13.2 Å². The monoisotopic (exact) mass is 378 g/mol. The Morgan fingerprint density at radius 2 is 1.44 bits per heavy atom. The number of ether oxygens (including phenoxy) is 2. The summed E-state index contributed by atoms with van der Waals surface area (Å²) < 4.78 is 10.3. The Balaban J connectivity index is 1.91. The van der Waals surface area contributed by atoms with Crippen LogP contribution in [0.5, 0.6) is 0 Å². The smallest absolute Gasteiger partial charge is 0.331 e. The summed E-state index contributed by atoms with van der Waals surface area (Å²) in [6.07, 6.45) is 22.1. The fraction of sp³-hybridized carbons (Fsp3) is 0.739. The van der Waals surface area contributed by atoms with Crippen molar-refractivity contribution in [3.8, 4) is 0 Å². The molecule has 0 heterocycles. The molecule has 0 fully saturated rings. The van der Waals surface area contributed by atoms with E-state index in [1.165, 1.54) is 63.5 Å². The Labute approximate surface area is 165 Å². The number of unbranched alkanes of at least 4 members (excludes halogenated alkanes) is 9. The SMILES string of the molecule is CCCCCCCCCCCCOC(=O)/C=C/C(=O)OCC1CC=CCC1. The van der Waals surface area contributed by atoms with Crippen molar-refractivity contribution in [2.45, 2.75) is 90.4 Å². The number of rotatable bonds is 15. The van der Waals surface area contributed by atoms with E-state index in [2.05, 4.69) is 19.1 Å². The van der Waals surface area contributed by atoms with Gasteiger partial charge in [0.25, 0.3) is 0 Å². The first kappa shape index (κ1) is 23.5. The van der Waals surface area contributed by atoms with E-state index in [1.54, 1.807) is 0 Å². The van der Waals surface area contributed by atoms with Crippen molar-refractivity contribution in [1.82, 2.24) is 0 Å². The van der Waals surface area contributed by atoms with Crippen molar-refractivity contribution in [2.24, 2.45) is 5.92 Å². The van der Waals surface area contributed by atoms with Crippen LogP contribution in [0.4, 0.5) is 0 Å². The van der Waals surface area contributed by atoms with E-state index in [-0.39, 0.29) is 0 Å². The van der Waals surface area contributed by atoms with Crippen LogP contribution in [0, 0.1) is 5.92 Å². The Hall–Kier alpha value is -1.58. The molecule has 27 heavy (non-hydrogen) atoms. The molecule has 4 nitrogen and oxygen atoms in total. The minimum Gasteiger partial charge on any atom is -0.463 e. The maximum Gasteiger partial charge on any atom is 0.331 e. The molecular weight excluding hydrogens is 340 g/mol. The molecule has 0 aromatic carbocycles. The van der Waals surface area contributed by atoms with Gasteiger partial charge in [-0.05, 0) is 31.6 Å². The standard InChI is InChI=1S/C23H38O4/c1-2-3-4-5-6-7-8-9-10-14-19-26-22(24)17-18-23(25)27-20-21-15-12-11-13-16-21/h11-12,17-18,21H,2-10,13-16,19-20H2,1H3/b18-17+. The molecule has 154 valence electrons. The second-order valence-electron chi connectivity index (χ2n) is 7.46. The predicted molar refractivity (Wildman–Crippen MR) is 109 cm³/mol. The number of carbonyl (C=O) groups is 2. The minimum absolute atomic E-state index is 0.399. The normalized spacial score (nSPS) is 16.6. The van der Waals surface area contributed by atoms with Crippen LogP contribution >= 0.6 is 0 Å². The lowest BCUT2D eigenvalue weighted by Crippen LogP contribution is -2.14. The fourth-order valence-electron chi connectivity index (χ4n) is 3.20. The summed E-state index contributed by atoms with van der Waals surface area (Å²) in [6, 6.07) is 0. The molecule has 0 bridgehead atoms. The van der Waals surface area contributed by atoms with Gasteiger partial charge < -0.3 is 9.47 Å². The summed E-state index contributed by atoms with van der Waals surface area (Å²) in [5.41, 5.74) is 0. The lowest BCUT2D eigenvalue weighted by molar-refractivity contribution is -0.141. The zero-order valence-corrected chi connectivity index (χ0v) is 17.1. The maximum atomic E-state index is 11.6. The van der Waals surface area contributed by atoms with Crippen LogP contribution in [0.3, 0.4) is 0 Å². The van der Waals surface area contributed by atoms with Crippen LogP contribution in [0.1, 0.15) is 90.4 Å². The molecule has 1 aliphatic carbocycles. The van der Waals surface area contributed by atoms with Gasteiger partial charge in [0.05, 0.1) is 13.2 Å². The third-order valence-corrected chi connectivity index (χ3v) is 4.94. The summed E-state index contributed by atoms with van der Waals surface area (Å²) >= 11 is 0. The maximum absolute atomic E-state index is 11.6. The molecule has 0 spiro atoms. The fourth-order valence-corrected chi connectivity index (χ4v) is 3.20. The van der Waals surface area contributed by atoms with Crippen LogP contribution in [-0.4, -0.2) is 25.2 Å². The molecule has 1 aliphatic rings. The van der Waals surface area contributed by atoms with E-state index in [9.17, 15) is 9.59 Å². The van der Waals surface area contributed by atoms with E-state index in [0.29, 0.717) is 19.1 Å². The van der Waals surface area contributed by atoms with Gasteiger partial charge in [-0.1, -0.05) is 76.9 Å². The summed E-state index contributed by atoms with van der Waals surface area (Å²) in [4.78, 5) is 23.2. The first-order valence-corrected chi connectivity index (χ1v) is 10.9. The Morgan fingerprint density at radius 3 is 2.04 bits per heavy atom. The second-order valence-corrected chi connectivity index (χ2v) is 7.46.